The molecule has 0 spiro atoms. The summed E-state index contributed by atoms with van der Waals surface area (Å²) < 4.78 is 0. The number of ketones is 2. The van der Waals surface area contributed by atoms with Gasteiger partial charge in [0.2, 0.25) is 5.91 Å². The highest BCUT2D eigenvalue weighted by Crippen LogP contribution is 2.75. The van der Waals surface area contributed by atoms with Gasteiger partial charge in [-0.25, -0.2) is 0 Å². The molecular weight excluding hydrogens is 522 g/mol. The molecule has 1 amide bonds. The Morgan fingerprint density at radius 3 is 2.29 bits per heavy atom. The van der Waals surface area contributed by atoms with E-state index in [-0.39, 0.29) is 45.6 Å². The van der Waals surface area contributed by atoms with Crippen molar-refractivity contribution in [2.24, 2.45) is 62.6 Å². The quantitative estimate of drug-likeness (QED) is 0.302. The van der Waals surface area contributed by atoms with Gasteiger partial charge in [0.1, 0.15) is 11.7 Å². The number of hydrogen-bond donors (Lipinski definition) is 1. The average molecular weight is 572 g/mol. The van der Waals surface area contributed by atoms with Gasteiger partial charge in [-0.3, -0.25) is 14.4 Å². The van der Waals surface area contributed by atoms with Crippen molar-refractivity contribution >= 4 is 29.4 Å². The Labute approximate surface area is 251 Å². The smallest absolute Gasteiger partial charge is 0.238 e. The van der Waals surface area contributed by atoms with E-state index in [2.05, 4.69) is 46.9 Å². The normalized spacial score (nSPS) is 48.1. The number of nitrogens with one attached hydrogen (secondary N) is 1. The summed E-state index contributed by atoms with van der Waals surface area (Å²) >= 11 is 0. The van der Waals surface area contributed by atoms with Crippen molar-refractivity contribution in [2.75, 3.05) is 5.32 Å². The van der Waals surface area contributed by atoms with Crippen molar-refractivity contribution in [3.8, 4) is 0 Å². The van der Waals surface area contributed by atoms with E-state index in [9.17, 15) is 19.2 Å². The van der Waals surface area contributed by atoms with Crippen LogP contribution >= 0.6 is 0 Å². The summed E-state index contributed by atoms with van der Waals surface area (Å²) in [5, 5.41) is 2.99. The first-order valence-electron chi connectivity index (χ1n) is 16.3. The molecule has 6 rings (SSSR count). The summed E-state index contributed by atoms with van der Waals surface area (Å²) in [6.07, 6.45) is 9.23. The minimum atomic E-state index is -1.40. The first-order chi connectivity index (χ1) is 19.7. The second-order valence-electron chi connectivity index (χ2n) is 16.1. The Hall–Kier alpha value is -2.56. The number of carbonyl (C=O) groups excluding carboxylic acids is 4. The maximum absolute atomic E-state index is 14.7. The van der Waals surface area contributed by atoms with Gasteiger partial charge in [0.15, 0.2) is 11.6 Å². The molecule has 1 unspecified atom stereocenters. The van der Waals surface area contributed by atoms with E-state index in [1.165, 1.54) is 18.4 Å². The predicted octanol–water partition coefficient (Wildman–Crippen LogP) is 7.46. The van der Waals surface area contributed by atoms with E-state index in [1.807, 2.05) is 36.4 Å². The molecule has 0 aliphatic heterocycles. The highest BCUT2D eigenvalue weighted by Gasteiger charge is 2.72. The molecule has 0 radical (unpaired) electrons. The SMILES string of the molecule is C[C@H]1[C@H](C)CC[C@]2(C)CC[C@]3(C)C(=CC(=O)[C@@H]4[C@@]5(C)CC(C=O)C(=O)[C@@](C)(C(=O)Nc6ccccc6)[C@@H]5CC[C@]43C)[C@H]12. The van der Waals surface area contributed by atoms with Crippen LogP contribution in [0.5, 0.6) is 0 Å². The number of allylic oxidation sites excluding steroid dienone is 2. The van der Waals surface area contributed by atoms with Gasteiger partial charge in [0, 0.05) is 11.6 Å². The van der Waals surface area contributed by atoms with Gasteiger partial charge >= 0.3 is 0 Å². The molecule has 5 aliphatic carbocycles. The van der Waals surface area contributed by atoms with Gasteiger partial charge in [-0.15, -0.1) is 0 Å². The number of benzene rings is 1. The molecule has 1 aromatic carbocycles. The van der Waals surface area contributed by atoms with Crippen molar-refractivity contribution in [3.63, 3.8) is 0 Å². The van der Waals surface area contributed by atoms with E-state index < -0.39 is 16.7 Å². The van der Waals surface area contributed by atoms with Crippen LogP contribution < -0.4 is 5.32 Å². The average Bonchev–Trinajstić information content (AvgIpc) is 2.94. The molecule has 0 bridgehead atoms. The number of fused-ring (bicyclic) bond motifs is 7. The van der Waals surface area contributed by atoms with Gasteiger partial charge < -0.3 is 10.1 Å². The van der Waals surface area contributed by atoms with Gasteiger partial charge in [0.25, 0.3) is 0 Å². The van der Waals surface area contributed by atoms with Crippen LogP contribution in [-0.2, 0) is 19.2 Å². The third kappa shape index (κ3) is 3.67. The maximum Gasteiger partial charge on any atom is 0.238 e. The van der Waals surface area contributed by atoms with Crippen LogP contribution in [0.1, 0.15) is 93.4 Å². The number of rotatable bonds is 3. The van der Waals surface area contributed by atoms with Crippen LogP contribution in [-0.4, -0.2) is 23.8 Å². The van der Waals surface area contributed by atoms with Crippen LogP contribution in [0.25, 0.3) is 0 Å². The van der Waals surface area contributed by atoms with Gasteiger partial charge in [-0.2, -0.15) is 0 Å². The molecule has 11 atom stereocenters. The molecular formula is C37H49NO4. The Bertz CT molecular complexity index is 1370. The Kier molecular flexibility index (Phi) is 6.65. The monoisotopic (exact) mass is 571 g/mol. The topological polar surface area (TPSA) is 80.3 Å². The summed E-state index contributed by atoms with van der Waals surface area (Å²) in [6.45, 7) is 15.8. The maximum atomic E-state index is 14.7. The largest absolute Gasteiger partial charge is 0.325 e. The molecule has 4 fully saturated rings. The molecule has 0 saturated heterocycles. The molecule has 1 aromatic rings. The van der Waals surface area contributed by atoms with Crippen molar-refractivity contribution < 1.29 is 19.2 Å². The summed E-state index contributed by atoms with van der Waals surface area (Å²) in [6, 6.07) is 9.19. The van der Waals surface area contributed by atoms with Crippen molar-refractivity contribution in [3.05, 3.63) is 42.0 Å². The highest BCUT2D eigenvalue weighted by atomic mass is 16.2. The van der Waals surface area contributed by atoms with Crippen molar-refractivity contribution in [1.29, 1.82) is 0 Å². The molecule has 5 heteroatoms. The molecule has 42 heavy (non-hydrogen) atoms. The summed E-state index contributed by atoms with van der Waals surface area (Å²) in [4.78, 5) is 55.2. The van der Waals surface area contributed by atoms with E-state index in [0.717, 1.165) is 25.5 Å². The minimum Gasteiger partial charge on any atom is -0.325 e. The molecule has 5 aliphatic rings. The fraction of sp³-hybridized carbons (Fsp3) is 0.676. The lowest BCUT2D eigenvalue weighted by Crippen LogP contribution is -2.69. The molecule has 1 N–H and O–H groups in total. The molecule has 226 valence electrons. The molecule has 0 aromatic heterocycles. The molecule has 5 nitrogen and oxygen atoms in total. The fourth-order valence-electron chi connectivity index (χ4n) is 11.6. The van der Waals surface area contributed by atoms with Crippen LogP contribution in [0.3, 0.4) is 0 Å². The van der Waals surface area contributed by atoms with Crippen molar-refractivity contribution in [1.82, 2.24) is 0 Å². The lowest BCUT2D eigenvalue weighted by molar-refractivity contribution is -0.195. The summed E-state index contributed by atoms with van der Waals surface area (Å²) in [5.41, 5.74) is -0.313. The zero-order valence-corrected chi connectivity index (χ0v) is 26.6. The second kappa shape index (κ2) is 9.47. The fourth-order valence-corrected chi connectivity index (χ4v) is 11.6. The zero-order valence-electron chi connectivity index (χ0n) is 26.6. The molecule has 0 heterocycles. The first-order valence-corrected chi connectivity index (χ1v) is 16.3. The second-order valence-corrected chi connectivity index (χ2v) is 16.1. The van der Waals surface area contributed by atoms with Gasteiger partial charge in [-0.05, 0) is 115 Å². The number of anilines is 1. The van der Waals surface area contributed by atoms with Gasteiger partial charge in [-0.1, -0.05) is 65.3 Å². The number of Topliss-reactive ketones (excluding diaryl/α,β-unsaturated/α-hetero) is 1. The Morgan fingerprint density at radius 2 is 1.62 bits per heavy atom. The molecule has 4 saturated carbocycles. The van der Waals surface area contributed by atoms with E-state index in [1.54, 1.807) is 6.92 Å². The Morgan fingerprint density at radius 1 is 0.929 bits per heavy atom. The van der Waals surface area contributed by atoms with Crippen LogP contribution in [0.4, 0.5) is 5.69 Å². The number of para-hydroxylation sites is 1. The number of amides is 1. The Balaban J connectivity index is 1.46. The van der Waals surface area contributed by atoms with Crippen LogP contribution in [0, 0.1) is 62.6 Å². The summed E-state index contributed by atoms with van der Waals surface area (Å²) in [5.74, 6) is -0.567. The lowest BCUT2D eigenvalue weighted by Gasteiger charge is -2.70. The number of carbonyl (C=O) groups is 4. The van der Waals surface area contributed by atoms with E-state index in [4.69, 9.17) is 0 Å². The predicted molar refractivity (Wildman–Crippen MR) is 164 cm³/mol. The highest BCUT2D eigenvalue weighted by molar-refractivity contribution is 6.15. The standard InChI is InChI=1S/C37H49NO4/c1-22-13-15-33(3)17-18-35(5)26(29(33)23(22)2)19-27(40)30-34(4)20-24(21-39)31(41)37(7,28(34)14-16-36(30,35)6)32(42)38-25-11-9-8-10-12-25/h8-12,19,21-24,28-30H,13-18,20H2,1-7H3,(H,38,42)/t22-,23+,24?,28-,29+,30-,33-,34+,35-,36-,37+/m1/s1. The number of hydrogen-bond acceptors (Lipinski definition) is 4. The van der Waals surface area contributed by atoms with Crippen LogP contribution in [0.2, 0.25) is 0 Å². The minimum absolute atomic E-state index is 0.143. The number of aldehydes is 1. The van der Waals surface area contributed by atoms with E-state index >= 15 is 0 Å². The third-order valence-corrected chi connectivity index (χ3v) is 14.3. The summed E-state index contributed by atoms with van der Waals surface area (Å²) in [7, 11) is 0. The van der Waals surface area contributed by atoms with E-state index in [0.29, 0.717) is 36.3 Å². The van der Waals surface area contributed by atoms with Gasteiger partial charge in [0.05, 0.1) is 5.92 Å². The third-order valence-electron chi connectivity index (χ3n) is 14.3. The van der Waals surface area contributed by atoms with Crippen molar-refractivity contribution in [2.45, 2.75) is 93.4 Å². The first kappa shape index (κ1) is 29.5. The lowest BCUT2D eigenvalue weighted by atomic mass is 9.32. The zero-order chi connectivity index (χ0) is 30.5. The van der Waals surface area contributed by atoms with Crippen LogP contribution in [0.15, 0.2) is 42.0 Å².